The molecule has 0 aromatic heterocycles. The van der Waals surface area contributed by atoms with Gasteiger partial charge in [-0.15, -0.1) is 0 Å². The Balaban J connectivity index is 1.98. The molecule has 0 saturated heterocycles. The highest BCUT2D eigenvalue weighted by atomic mass is 16.1. The lowest BCUT2D eigenvalue weighted by Crippen LogP contribution is -2.50. The van der Waals surface area contributed by atoms with Crippen LogP contribution >= 0.6 is 0 Å². The Bertz CT molecular complexity index is 909. The van der Waals surface area contributed by atoms with Crippen molar-refractivity contribution in [3.05, 3.63) is 70.8 Å². The summed E-state index contributed by atoms with van der Waals surface area (Å²) in [6.07, 6.45) is 1.62. The van der Waals surface area contributed by atoms with Crippen LogP contribution in [0.25, 0.3) is 0 Å². The van der Waals surface area contributed by atoms with Crippen molar-refractivity contribution in [2.75, 3.05) is 0 Å². The molecule has 0 N–H and O–H groups in total. The maximum Gasteiger partial charge on any atom is 0.136 e. The van der Waals surface area contributed by atoms with Crippen LogP contribution in [0, 0.1) is 11.8 Å². The molecule has 1 saturated carbocycles. The van der Waals surface area contributed by atoms with Crippen molar-refractivity contribution < 1.29 is 19.2 Å². The van der Waals surface area contributed by atoms with E-state index in [9.17, 15) is 19.2 Å². The molecule has 168 valence electrons. The number of carbonyl (C=O) groups excluding carboxylic acids is 4. The summed E-state index contributed by atoms with van der Waals surface area (Å²) in [6.45, 7) is 6.88. The van der Waals surface area contributed by atoms with Gasteiger partial charge in [0.1, 0.15) is 23.1 Å². The van der Waals surface area contributed by atoms with Crippen LogP contribution in [-0.4, -0.2) is 23.1 Å². The Morgan fingerprint density at radius 1 is 0.594 bits per heavy atom. The van der Waals surface area contributed by atoms with Gasteiger partial charge in [0.25, 0.3) is 0 Å². The topological polar surface area (TPSA) is 68.3 Å². The van der Waals surface area contributed by atoms with Gasteiger partial charge in [0.15, 0.2) is 0 Å². The van der Waals surface area contributed by atoms with E-state index in [0.717, 1.165) is 22.3 Å². The Hall–Kier alpha value is -2.88. The summed E-state index contributed by atoms with van der Waals surface area (Å²) >= 11 is 0. The minimum atomic E-state index is -0.252. The van der Waals surface area contributed by atoms with Gasteiger partial charge >= 0.3 is 0 Å². The number of Topliss-reactive ketones (excluding diaryl/α,β-unsaturated/α-hetero) is 4. The third-order valence-corrected chi connectivity index (χ3v) is 6.62. The van der Waals surface area contributed by atoms with Gasteiger partial charge in [0.05, 0.1) is 0 Å². The Morgan fingerprint density at radius 2 is 0.906 bits per heavy atom. The smallest absolute Gasteiger partial charge is 0.136 e. The van der Waals surface area contributed by atoms with Crippen LogP contribution in [0.2, 0.25) is 0 Å². The average molecular weight is 433 g/mol. The zero-order valence-corrected chi connectivity index (χ0v) is 19.4. The first-order valence-electron chi connectivity index (χ1n) is 11.5. The van der Waals surface area contributed by atoms with Crippen LogP contribution in [0.5, 0.6) is 0 Å². The lowest BCUT2D eigenvalue weighted by atomic mass is 9.50. The molecule has 4 nitrogen and oxygen atoms in total. The van der Waals surface area contributed by atoms with Crippen molar-refractivity contribution >= 4 is 23.1 Å². The van der Waals surface area contributed by atoms with Crippen molar-refractivity contribution in [2.45, 2.75) is 65.2 Å². The summed E-state index contributed by atoms with van der Waals surface area (Å²) in [5.74, 6) is -0.260. The van der Waals surface area contributed by atoms with Crippen LogP contribution in [-0.2, 0) is 32.0 Å². The normalized spacial score (nSPS) is 22.1. The molecule has 0 amide bonds. The van der Waals surface area contributed by atoms with E-state index < -0.39 is 0 Å². The highest BCUT2D eigenvalue weighted by Gasteiger charge is 2.56. The SMILES string of the molecule is CCC(=O)C1C(c2ccc(CC(C)=O)cc2)C(C(=O)CC)C1c1ccc(CC(C)=O)cc1. The largest absolute Gasteiger partial charge is 0.300 e. The van der Waals surface area contributed by atoms with Crippen molar-refractivity contribution in [3.63, 3.8) is 0 Å². The summed E-state index contributed by atoms with van der Waals surface area (Å²) in [7, 11) is 0. The number of hydrogen-bond acceptors (Lipinski definition) is 4. The van der Waals surface area contributed by atoms with Gasteiger partial charge in [-0.3, -0.25) is 19.2 Å². The molecular weight excluding hydrogens is 400 g/mol. The van der Waals surface area contributed by atoms with Crippen molar-refractivity contribution in [1.29, 1.82) is 0 Å². The zero-order valence-electron chi connectivity index (χ0n) is 19.4. The molecule has 3 rings (SSSR count). The fourth-order valence-electron chi connectivity index (χ4n) is 5.14. The minimum Gasteiger partial charge on any atom is -0.300 e. The monoisotopic (exact) mass is 432 g/mol. The van der Waals surface area contributed by atoms with Crippen molar-refractivity contribution in [3.8, 4) is 0 Å². The second-order valence-corrected chi connectivity index (χ2v) is 8.98. The fraction of sp³-hybridized carbons (Fsp3) is 0.429. The summed E-state index contributed by atoms with van der Waals surface area (Å²) < 4.78 is 0. The van der Waals surface area contributed by atoms with E-state index in [1.54, 1.807) is 13.8 Å². The van der Waals surface area contributed by atoms with Crippen molar-refractivity contribution in [2.24, 2.45) is 11.8 Å². The maximum absolute atomic E-state index is 13.0. The van der Waals surface area contributed by atoms with Gasteiger partial charge in [-0.1, -0.05) is 62.4 Å². The third-order valence-electron chi connectivity index (χ3n) is 6.62. The third kappa shape index (κ3) is 4.95. The number of carbonyl (C=O) groups is 4. The first-order chi connectivity index (χ1) is 15.3. The lowest BCUT2D eigenvalue weighted by molar-refractivity contribution is -0.138. The average Bonchev–Trinajstić information content (AvgIpc) is 2.74. The fourth-order valence-corrected chi connectivity index (χ4v) is 5.14. The van der Waals surface area contributed by atoms with Crippen LogP contribution in [0.1, 0.15) is 74.6 Å². The molecule has 4 heteroatoms. The van der Waals surface area contributed by atoms with Gasteiger partial charge < -0.3 is 0 Å². The highest BCUT2D eigenvalue weighted by Crippen LogP contribution is 2.58. The second kappa shape index (κ2) is 10.2. The second-order valence-electron chi connectivity index (χ2n) is 8.98. The predicted molar refractivity (Wildman–Crippen MR) is 125 cm³/mol. The standard InChI is InChI=1S/C28H32O4/c1-5-23(31)27-25(21-11-7-19(8-12-21)15-17(3)29)28(24(32)6-2)26(27)22-13-9-20(10-14-22)16-18(4)30/h7-14,25-28H,5-6,15-16H2,1-4H3. The van der Waals surface area contributed by atoms with E-state index in [-0.39, 0.29) is 46.8 Å². The minimum absolute atomic E-state index is 0.104. The molecule has 0 atom stereocenters. The van der Waals surface area contributed by atoms with E-state index in [0.29, 0.717) is 25.7 Å². The molecule has 1 aliphatic carbocycles. The van der Waals surface area contributed by atoms with Crippen LogP contribution < -0.4 is 0 Å². The van der Waals surface area contributed by atoms with Crippen LogP contribution in [0.3, 0.4) is 0 Å². The molecule has 2 aromatic carbocycles. The van der Waals surface area contributed by atoms with Crippen LogP contribution in [0.4, 0.5) is 0 Å². The first kappa shape index (κ1) is 23.8. The Kier molecular flexibility index (Phi) is 7.55. The molecule has 1 aliphatic rings. The molecule has 0 aliphatic heterocycles. The van der Waals surface area contributed by atoms with E-state index in [1.807, 2.05) is 62.4 Å². The Morgan fingerprint density at radius 3 is 1.16 bits per heavy atom. The van der Waals surface area contributed by atoms with Crippen LogP contribution in [0.15, 0.2) is 48.5 Å². The zero-order chi connectivity index (χ0) is 23.4. The molecule has 0 radical (unpaired) electrons. The summed E-state index contributed by atoms with van der Waals surface area (Å²) in [6, 6.07) is 15.6. The molecule has 1 fully saturated rings. The molecule has 0 heterocycles. The molecule has 0 unspecified atom stereocenters. The van der Waals surface area contributed by atoms with E-state index >= 15 is 0 Å². The number of benzene rings is 2. The number of rotatable bonds is 10. The van der Waals surface area contributed by atoms with Gasteiger partial charge in [-0.25, -0.2) is 0 Å². The predicted octanol–water partition coefficient (Wildman–Crippen LogP) is 5.02. The quantitative estimate of drug-likeness (QED) is 0.529. The number of hydrogen-bond donors (Lipinski definition) is 0. The molecule has 32 heavy (non-hydrogen) atoms. The number of ketones is 4. The Labute approximate surface area is 190 Å². The van der Waals surface area contributed by atoms with Gasteiger partial charge in [-0.05, 0) is 36.1 Å². The van der Waals surface area contributed by atoms with E-state index in [4.69, 9.17) is 0 Å². The first-order valence-corrected chi connectivity index (χ1v) is 11.5. The summed E-state index contributed by atoms with van der Waals surface area (Å²) in [4.78, 5) is 49.0. The molecule has 0 bridgehead atoms. The maximum atomic E-state index is 13.0. The van der Waals surface area contributed by atoms with E-state index in [1.165, 1.54) is 0 Å². The lowest BCUT2D eigenvalue weighted by Gasteiger charge is -2.51. The van der Waals surface area contributed by atoms with E-state index in [2.05, 4.69) is 0 Å². The molecule has 0 spiro atoms. The van der Waals surface area contributed by atoms with Gasteiger partial charge in [0, 0.05) is 49.4 Å². The van der Waals surface area contributed by atoms with Crippen molar-refractivity contribution in [1.82, 2.24) is 0 Å². The van der Waals surface area contributed by atoms with Gasteiger partial charge in [-0.2, -0.15) is 0 Å². The molecular formula is C28H32O4. The summed E-state index contributed by atoms with van der Waals surface area (Å²) in [5.41, 5.74) is 3.85. The van der Waals surface area contributed by atoms with Gasteiger partial charge in [0.2, 0.25) is 0 Å². The molecule has 2 aromatic rings. The summed E-state index contributed by atoms with van der Waals surface area (Å²) in [5, 5.41) is 0. The highest BCUT2D eigenvalue weighted by molar-refractivity contribution is 5.92.